The first kappa shape index (κ1) is 17.7. The van der Waals surface area contributed by atoms with Crippen molar-refractivity contribution >= 4 is 28.7 Å². The maximum absolute atomic E-state index is 12.2. The highest BCUT2D eigenvalue weighted by molar-refractivity contribution is 5.98. The normalized spacial score (nSPS) is 19.0. The zero-order valence-electron chi connectivity index (χ0n) is 14.8. The summed E-state index contributed by atoms with van der Waals surface area (Å²) in [6.07, 6.45) is -1.03. The number of amides is 1. The number of carbonyl (C=O) groups is 1. The van der Waals surface area contributed by atoms with E-state index in [0.29, 0.717) is 22.6 Å². The fourth-order valence-electron chi connectivity index (χ4n) is 2.83. The molecule has 0 saturated carbocycles. The van der Waals surface area contributed by atoms with Crippen molar-refractivity contribution in [2.75, 3.05) is 5.32 Å². The largest absolute Gasteiger partial charge is 0.385 e. The molecule has 1 aliphatic rings. The average Bonchev–Trinajstić information content (AvgIpc) is 2.74. The number of nitrogens with one attached hydrogen (secondary N) is 1. The van der Waals surface area contributed by atoms with Crippen molar-refractivity contribution in [3.8, 4) is 0 Å². The van der Waals surface area contributed by atoms with E-state index in [-0.39, 0.29) is 5.91 Å². The molecule has 138 valence electrons. The number of hydrogen-bond donors (Lipinski definition) is 2. The van der Waals surface area contributed by atoms with Crippen LogP contribution in [0.25, 0.3) is 0 Å². The average molecular weight is 371 g/mol. The third-order valence-corrected chi connectivity index (χ3v) is 4.29. The summed E-state index contributed by atoms with van der Waals surface area (Å²) < 4.78 is 0. The predicted molar refractivity (Wildman–Crippen MR) is 105 cm³/mol. The Bertz CT molecular complexity index is 1030. The van der Waals surface area contributed by atoms with Crippen molar-refractivity contribution in [3.05, 3.63) is 84.4 Å². The Balaban J connectivity index is 1.46. The van der Waals surface area contributed by atoms with Gasteiger partial charge in [-0.15, -0.1) is 0 Å². The van der Waals surface area contributed by atoms with Gasteiger partial charge in [-0.1, -0.05) is 36.4 Å². The Morgan fingerprint density at radius 2 is 1.29 bits per heavy atom. The number of azo groups is 2. The van der Waals surface area contributed by atoms with E-state index in [9.17, 15) is 9.90 Å². The predicted octanol–water partition coefficient (Wildman–Crippen LogP) is 5.24. The lowest BCUT2D eigenvalue weighted by Crippen LogP contribution is -2.36. The number of rotatable bonds is 4. The van der Waals surface area contributed by atoms with Crippen molar-refractivity contribution in [1.82, 2.24) is 0 Å². The summed E-state index contributed by atoms with van der Waals surface area (Å²) in [6.45, 7) is 0. The molecule has 0 saturated heterocycles. The van der Waals surface area contributed by atoms with E-state index in [1.165, 1.54) is 0 Å². The van der Waals surface area contributed by atoms with Crippen molar-refractivity contribution in [1.29, 1.82) is 0 Å². The Kier molecular flexibility index (Phi) is 4.99. The van der Waals surface area contributed by atoms with Gasteiger partial charge in [-0.2, -0.15) is 20.5 Å². The molecule has 2 N–H and O–H groups in total. The number of fused-ring (bicyclic) bond motifs is 1. The number of aliphatic hydroxyl groups is 1. The van der Waals surface area contributed by atoms with Crippen molar-refractivity contribution in [2.45, 2.75) is 12.1 Å². The van der Waals surface area contributed by atoms with E-state index in [0.717, 1.165) is 5.69 Å². The van der Waals surface area contributed by atoms with E-state index < -0.39 is 12.1 Å². The second kappa shape index (κ2) is 7.89. The molecule has 0 bridgehead atoms. The van der Waals surface area contributed by atoms with E-state index in [4.69, 9.17) is 0 Å². The first-order valence-corrected chi connectivity index (χ1v) is 8.76. The molecule has 2 atom stereocenters. The molecule has 0 aromatic heterocycles. The van der Waals surface area contributed by atoms with Crippen LogP contribution in [0, 0.1) is 0 Å². The van der Waals surface area contributed by atoms with Crippen LogP contribution in [0.2, 0.25) is 0 Å². The van der Waals surface area contributed by atoms with Gasteiger partial charge < -0.3 is 10.4 Å². The number of anilines is 1. The molecule has 7 heteroatoms. The standard InChI is InChI=1S/C21H17N5O2/c27-20-17-8-4-5-9-18(17)22-21(28)19(20)26-25-16-12-10-15(11-13-16)24-23-14-6-2-1-3-7-14/h1-13,19-20,27H,(H,22,28)/t19-,20-/m1/s1. The molecule has 0 radical (unpaired) electrons. The number of aliphatic hydroxyl groups excluding tert-OH is 1. The molecule has 1 aliphatic heterocycles. The molecule has 1 heterocycles. The third-order valence-electron chi connectivity index (χ3n) is 4.29. The summed E-state index contributed by atoms with van der Waals surface area (Å²) in [6, 6.07) is 22.5. The molecule has 0 unspecified atom stereocenters. The van der Waals surface area contributed by atoms with E-state index in [1.54, 1.807) is 48.5 Å². The first-order chi connectivity index (χ1) is 13.7. The van der Waals surface area contributed by atoms with Gasteiger partial charge in [0, 0.05) is 11.3 Å². The van der Waals surface area contributed by atoms with Crippen LogP contribution >= 0.6 is 0 Å². The molecule has 28 heavy (non-hydrogen) atoms. The monoisotopic (exact) mass is 371 g/mol. The molecule has 0 spiro atoms. The van der Waals surface area contributed by atoms with Gasteiger partial charge in [-0.25, -0.2) is 0 Å². The lowest BCUT2D eigenvalue weighted by Gasteiger charge is -2.26. The Labute approximate surface area is 161 Å². The van der Waals surface area contributed by atoms with Gasteiger partial charge in [0.05, 0.1) is 17.1 Å². The van der Waals surface area contributed by atoms with E-state index in [2.05, 4.69) is 25.8 Å². The minimum Gasteiger partial charge on any atom is -0.385 e. The topological polar surface area (TPSA) is 98.8 Å². The Morgan fingerprint density at radius 1 is 0.714 bits per heavy atom. The minimum absolute atomic E-state index is 0.386. The van der Waals surface area contributed by atoms with Gasteiger partial charge in [0.15, 0.2) is 6.04 Å². The molecule has 4 rings (SSSR count). The quantitative estimate of drug-likeness (QED) is 0.613. The molecule has 7 nitrogen and oxygen atoms in total. The summed E-state index contributed by atoms with van der Waals surface area (Å²) in [5.41, 5.74) is 3.22. The number of carbonyl (C=O) groups excluding carboxylic acids is 1. The van der Waals surface area contributed by atoms with Crippen LogP contribution in [-0.4, -0.2) is 17.1 Å². The number of para-hydroxylation sites is 1. The van der Waals surface area contributed by atoms with Gasteiger partial charge in [0.2, 0.25) is 0 Å². The molecular weight excluding hydrogens is 354 g/mol. The van der Waals surface area contributed by atoms with Crippen LogP contribution in [0.5, 0.6) is 0 Å². The summed E-state index contributed by atoms with van der Waals surface area (Å²) in [7, 11) is 0. The SMILES string of the molecule is O=C1Nc2ccccc2[C@@H](O)[C@H]1N=Nc1ccc(N=Nc2ccccc2)cc1. The lowest BCUT2D eigenvalue weighted by atomic mass is 9.96. The fraction of sp³-hybridized carbons (Fsp3) is 0.0952. The van der Waals surface area contributed by atoms with Crippen LogP contribution in [-0.2, 0) is 4.79 Å². The van der Waals surface area contributed by atoms with Gasteiger partial charge in [-0.3, -0.25) is 4.79 Å². The van der Waals surface area contributed by atoms with Crippen LogP contribution < -0.4 is 5.32 Å². The molecule has 3 aromatic carbocycles. The Morgan fingerprint density at radius 3 is 2.00 bits per heavy atom. The van der Waals surface area contributed by atoms with Crippen molar-refractivity contribution in [2.24, 2.45) is 20.5 Å². The van der Waals surface area contributed by atoms with E-state index >= 15 is 0 Å². The number of benzene rings is 3. The van der Waals surface area contributed by atoms with Gasteiger partial charge in [-0.05, 0) is 42.5 Å². The second-order valence-electron chi connectivity index (χ2n) is 6.23. The third kappa shape index (κ3) is 3.84. The van der Waals surface area contributed by atoms with Crippen LogP contribution in [0.15, 0.2) is 99.3 Å². The van der Waals surface area contributed by atoms with Gasteiger partial charge in [0.25, 0.3) is 5.91 Å². The van der Waals surface area contributed by atoms with Crippen LogP contribution in [0.1, 0.15) is 11.7 Å². The molecule has 0 fully saturated rings. The zero-order valence-corrected chi connectivity index (χ0v) is 14.8. The maximum Gasteiger partial charge on any atom is 0.254 e. The first-order valence-electron chi connectivity index (χ1n) is 8.76. The zero-order chi connectivity index (χ0) is 19.3. The summed E-state index contributed by atoms with van der Waals surface area (Å²) in [5.74, 6) is -0.386. The number of hydrogen-bond acceptors (Lipinski definition) is 6. The summed E-state index contributed by atoms with van der Waals surface area (Å²) in [4.78, 5) is 12.2. The van der Waals surface area contributed by atoms with Crippen LogP contribution in [0.4, 0.5) is 22.7 Å². The molecule has 0 aliphatic carbocycles. The van der Waals surface area contributed by atoms with Crippen molar-refractivity contribution < 1.29 is 9.90 Å². The van der Waals surface area contributed by atoms with Gasteiger partial charge >= 0.3 is 0 Å². The minimum atomic E-state index is -1.03. The van der Waals surface area contributed by atoms with Crippen LogP contribution in [0.3, 0.4) is 0 Å². The van der Waals surface area contributed by atoms with Crippen molar-refractivity contribution in [3.63, 3.8) is 0 Å². The highest BCUT2D eigenvalue weighted by Gasteiger charge is 2.34. The molecule has 1 amide bonds. The second-order valence-corrected chi connectivity index (χ2v) is 6.23. The Hall–Kier alpha value is -3.71. The molecule has 3 aromatic rings. The number of nitrogens with zero attached hydrogens (tertiary/aromatic N) is 4. The fourth-order valence-corrected chi connectivity index (χ4v) is 2.83. The molecular formula is C21H17N5O2. The highest BCUT2D eigenvalue weighted by atomic mass is 16.3. The van der Waals surface area contributed by atoms with E-state index in [1.807, 2.05) is 30.3 Å². The smallest absolute Gasteiger partial charge is 0.254 e. The summed E-state index contributed by atoms with van der Waals surface area (Å²) >= 11 is 0. The maximum atomic E-state index is 12.2. The highest BCUT2D eigenvalue weighted by Crippen LogP contribution is 2.32. The van der Waals surface area contributed by atoms with Gasteiger partial charge in [0.1, 0.15) is 6.10 Å². The summed E-state index contributed by atoms with van der Waals surface area (Å²) in [5, 5.41) is 29.6. The lowest BCUT2D eigenvalue weighted by molar-refractivity contribution is -0.120.